The number of hydrogen-bond acceptors (Lipinski definition) is 4. The zero-order chi connectivity index (χ0) is 13.0. The Balaban J connectivity index is 2.09. The third kappa shape index (κ3) is 2.68. The first-order chi connectivity index (χ1) is 8.74. The van der Waals surface area contributed by atoms with E-state index in [-0.39, 0.29) is 0 Å². The van der Waals surface area contributed by atoms with Crippen molar-refractivity contribution in [2.75, 3.05) is 0 Å². The summed E-state index contributed by atoms with van der Waals surface area (Å²) in [6.07, 6.45) is 0. The molecule has 0 unspecified atom stereocenters. The Morgan fingerprint density at radius 1 is 1.28 bits per heavy atom. The van der Waals surface area contributed by atoms with E-state index in [9.17, 15) is 0 Å². The number of aromatic nitrogens is 3. The molecule has 0 radical (unpaired) electrons. The van der Waals surface area contributed by atoms with Crippen molar-refractivity contribution in [3.63, 3.8) is 0 Å². The smallest absolute Gasteiger partial charge is 0.132 e. The molecule has 0 aliphatic rings. The molecule has 0 fully saturated rings. The van der Waals surface area contributed by atoms with Gasteiger partial charge in [-0.15, -0.1) is 5.10 Å². The van der Waals surface area contributed by atoms with Crippen molar-refractivity contribution in [2.45, 2.75) is 33.5 Å². The molecule has 1 aromatic heterocycles. The third-order valence-electron chi connectivity index (χ3n) is 2.81. The van der Waals surface area contributed by atoms with Gasteiger partial charge in [0.05, 0.1) is 0 Å². The van der Waals surface area contributed by atoms with Crippen LogP contribution in [0.1, 0.15) is 23.9 Å². The van der Waals surface area contributed by atoms with Crippen LogP contribution in [0.4, 0.5) is 0 Å². The van der Waals surface area contributed by atoms with Crippen LogP contribution in [0.2, 0.25) is 0 Å². The van der Waals surface area contributed by atoms with Crippen LogP contribution >= 0.6 is 0 Å². The van der Waals surface area contributed by atoms with E-state index in [0.29, 0.717) is 13.2 Å². The topological polar surface area (TPSA) is 66.0 Å². The molecule has 0 spiro atoms. The SMILES string of the molecule is CCn1nnc(CN)c1COc1ccc(C)cc1. The second-order valence-corrected chi connectivity index (χ2v) is 4.10. The Morgan fingerprint density at radius 3 is 2.61 bits per heavy atom. The Bertz CT molecular complexity index is 483. The van der Waals surface area contributed by atoms with Crippen molar-refractivity contribution >= 4 is 0 Å². The minimum Gasteiger partial charge on any atom is -0.487 e. The van der Waals surface area contributed by atoms with Gasteiger partial charge in [-0.25, -0.2) is 4.68 Å². The van der Waals surface area contributed by atoms with Crippen LogP contribution < -0.4 is 10.5 Å². The summed E-state index contributed by atoms with van der Waals surface area (Å²) in [5.74, 6) is 0.840. The van der Waals surface area contributed by atoms with Gasteiger partial charge in [0, 0.05) is 13.1 Å². The summed E-state index contributed by atoms with van der Waals surface area (Å²) in [4.78, 5) is 0. The number of ether oxygens (including phenoxy) is 1. The molecule has 5 heteroatoms. The van der Waals surface area contributed by atoms with Gasteiger partial charge in [0.25, 0.3) is 0 Å². The quantitative estimate of drug-likeness (QED) is 0.871. The Morgan fingerprint density at radius 2 is 2.00 bits per heavy atom. The molecule has 0 atom stereocenters. The molecular weight excluding hydrogens is 228 g/mol. The van der Waals surface area contributed by atoms with Crippen LogP contribution in [0.5, 0.6) is 5.75 Å². The van der Waals surface area contributed by atoms with Gasteiger partial charge < -0.3 is 10.5 Å². The molecular formula is C13H18N4O. The molecule has 0 aliphatic carbocycles. The molecule has 0 bridgehead atoms. The summed E-state index contributed by atoms with van der Waals surface area (Å²) < 4.78 is 7.55. The highest BCUT2D eigenvalue weighted by molar-refractivity contribution is 5.26. The highest BCUT2D eigenvalue weighted by Gasteiger charge is 2.11. The van der Waals surface area contributed by atoms with E-state index in [4.69, 9.17) is 10.5 Å². The van der Waals surface area contributed by atoms with Crippen LogP contribution in [0.15, 0.2) is 24.3 Å². The van der Waals surface area contributed by atoms with E-state index in [2.05, 4.69) is 10.3 Å². The Labute approximate surface area is 107 Å². The fraction of sp³-hybridized carbons (Fsp3) is 0.385. The summed E-state index contributed by atoms with van der Waals surface area (Å²) in [7, 11) is 0. The van der Waals surface area contributed by atoms with E-state index in [1.165, 1.54) is 5.56 Å². The summed E-state index contributed by atoms with van der Waals surface area (Å²) in [5, 5.41) is 8.08. The lowest BCUT2D eigenvalue weighted by atomic mass is 10.2. The molecule has 2 rings (SSSR count). The number of nitrogens with zero attached hydrogens (tertiary/aromatic N) is 3. The first-order valence-electron chi connectivity index (χ1n) is 6.05. The third-order valence-corrected chi connectivity index (χ3v) is 2.81. The van der Waals surface area contributed by atoms with Crippen molar-refractivity contribution in [1.82, 2.24) is 15.0 Å². The fourth-order valence-electron chi connectivity index (χ4n) is 1.73. The van der Waals surface area contributed by atoms with Crippen LogP contribution in [0.3, 0.4) is 0 Å². The summed E-state index contributed by atoms with van der Waals surface area (Å²) in [6, 6.07) is 7.96. The van der Waals surface area contributed by atoms with Gasteiger partial charge in [-0.3, -0.25) is 0 Å². The molecule has 0 aliphatic heterocycles. The van der Waals surface area contributed by atoms with Gasteiger partial charge in [-0.2, -0.15) is 0 Å². The maximum Gasteiger partial charge on any atom is 0.132 e. The van der Waals surface area contributed by atoms with Gasteiger partial charge in [0.1, 0.15) is 23.7 Å². The number of nitrogens with two attached hydrogens (primary N) is 1. The first kappa shape index (κ1) is 12.6. The maximum atomic E-state index is 5.73. The Hall–Kier alpha value is -1.88. The molecule has 1 heterocycles. The zero-order valence-corrected chi connectivity index (χ0v) is 10.8. The summed E-state index contributed by atoms with van der Waals surface area (Å²) >= 11 is 0. The van der Waals surface area contributed by atoms with Crippen molar-refractivity contribution in [1.29, 1.82) is 0 Å². The van der Waals surface area contributed by atoms with E-state index in [0.717, 1.165) is 23.7 Å². The highest BCUT2D eigenvalue weighted by Crippen LogP contribution is 2.14. The molecule has 2 N–H and O–H groups in total. The van der Waals surface area contributed by atoms with Gasteiger partial charge in [0.15, 0.2) is 0 Å². The molecule has 0 amide bonds. The molecule has 18 heavy (non-hydrogen) atoms. The fourth-order valence-corrected chi connectivity index (χ4v) is 1.73. The standard InChI is InChI=1S/C13H18N4O/c1-3-17-13(12(8-14)15-16-17)9-18-11-6-4-10(2)5-7-11/h4-7H,3,8-9,14H2,1-2H3. The van der Waals surface area contributed by atoms with Gasteiger partial charge >= 0.3 is 0 Å². The van der Waals surface area contributed by atoms with Crippen LogP contribution in [-0.4, -0.2) is 15.0 Å². The van der Waals surface area contributed by atoms with Gasteiger partial charge in [0.2, 0.25) is 0 Å². The monoisotopic (exact) mass is 246 g/mol. The lowest BCUT2D eigenvalue weighted by molar-refractivity contribution is 0.291. The molecule has 0 saturated carbocycles. The number of hydrogen-bond donors (Lipinski definition) is 1. The molecule has 96 valence electrons. The average Bonchev–Trinajstić information content (AvgIpc) is 2.80. The molecule has 1 aromatic carbocycles. The number of benzene rings is 1. The second-order valence-electron chi connectivity index (χ2n) is 4.10. The number of rotatable bonds is 5. The lowest BCUT2D eigenvalue weighted by Crippen LogP contribution is -2.09. The largest absolute Gasteiger partial charge is 0.487 e. The van der Waals surface area contributed by atoms with Crippen LogP contribution in [0.25, 0.3) is 0 Å². The zero-order valence-electron chi connectivity index (χ0n) is 10.8. The van der Waals surface area contributed by atoms with E-state index < -0.39 is 0 Å². The van der Waals surface area contributed by atoms with E-state index >= 15 is 0 Å². The second kappa shape index (κ2) is 5.64. The van der Waals surface area contributed by atoms with Crippen molar-refractivity contribution in [2.24, 2.45) is 5.73 Å². The summed E-state index contributed by atoms with van der Waals surface area (Å²) in [6.45, 7) is 5.65. The van der Waals surface area contributed by atoms with Crippen LogP contribution in [0, 0.1) is 6.92 Å². The number of aryl methyl sites for hydroxylation is 2. The van der Waals surface area contributed by atoms with Gasteiger partial charge in [-0.05, 0) is 26.0 Å². The van der Waals surface area contributed by atoms with E-state index in [1.807, 2.05) is 42.8 Å². The normalized spacial score (nSPS) is 10.6. The molecule has 0 saturated heterocycles. The van der Waals surface area contributed by atoms with Crippen LogP contribution in [-0.2, 0) is 19.7 Å². The average molecular weight is 246 g/mol. The predicted molar refractivity (Wildman–Crippen MR) is 69.1 cm³/mol. The Kier molecular flexibility index (Phi) is 3.94. The van der Waals surface area contributed by atoms with Crippen molar-refractivity contribution < 1.29 is 4.74 Å². The summed E-state index contributed by atoms with van der Waals surface area (Å²) in [5.41, 5.74) is 8.59. The maximum absolute atomic E-state index is 5.73. The molecule has 5 nitrogen and oxygen atoms in total. The molecule has 2 aromatic rings. The lowest BCUT2D eigenvalue weighted by Gasteiger charge is -2.08. The first-order valence-corrected chi connectivity index (χ1v) is 6.05. The highest BCUT2D eigenvalue weighted by atomic mass is 16.5. The van der Waals surface area contributed by atoms with Crippen molar-refractivity contribution in [3.8, 4) is 5.75 Å². The van der Waals surface area contributed by atoms with Crippen molar-refractivity contribution in [3.05, 3.63) is 41.2 Å². The predicted octanol–water partition coefficient (Wildman–Crippen LogP) is 1.64. The minimum absolute atomic E-state index is 0.382. The van der Waals surface area contributed by atoms with Gasteiger partial charge in [-0.1, -0.05) is 22.9 Å². The minimum atomic E-state index is 0.382. The van der Waals surface area contributed by atoms with E-state index in [1.54, 1.807) is 0 Å².